The van der Waals surface area contributed by atoms with Crippen molar-refractivity contribution in [3.63, 3.8) is 0 Å². The smallest absolute Gasteiger partial charge is 0.434 e. The maximum Gasteiger partial charge on any atom is 0.434 e. The minimum Gasteiger partial charge on any atom is -0.443 e. The number of rotatable bonds is 6. The highest BCUT2D eigenvalue weighted by Crippen LogP contribution is 2.60. The summed E-state index contributed by atoms with van der Waals surface area (Å²) in [4.78, 5) is 25.0. The second-order valence-corrected chi connectivity index (χ2v) is 16.3. The lowest BCUT2D eigenvalue weighted by Crippen LogP contribution is -2.68. The monoisotopic (exact) mass is 628 g/mol. The molecule has 0 amide bonds. The molecule has 4 atom stereocenters. The second-order valence-electron chi connectivity index (χ2n) is 11.6. The lowest BCUT2D eigenvalue weighted by atomic mass is 9.53. The van der Waals surface area contributed by atoms with Crippen molar-refractivity contribution in [2.45, 2.75) is 107 Å². The predicted octanol–water partition coefficient (Wildman–Crippen LogP) is 7.26. The van der Waals surface area contributed by atoms with Crippen molar-refractivity contribution in [3.8, 4) is 0 Å². The molecule has 0 N–H and O–H groups in total. The maximum atomic E-state index is 13.0. The van der Waals surface area contributed by atoms with Crippen LogP contribution in [0.25, 0.3) is 0 Å². The Kier molecular flexibility index (Phi) is 9.07. The number of hydrogen-bond donors (Lipinski definition) is 0. The Morgan fingerprint density at radius 3 is 1.48 bits per heavy atom. The lowest BCUT2D eigenvalue weighted by molar-refractivity contribution is -0.318. The van der Waals surface area contributed by atoms with Gasteiger partial charge in [0, 0.05) is 0 Å². The minimum absolute atomic E-state index is 0.435. The van der Waals surface area contributed by atoms with Crippen molar-refractivity contribution in [1.82, 2.24) is 0 Å². The number of hydrogen-bond acceptors (Lipinski definition) is 5. The maximum absolute atomic E-state index is 13.0. The van der Waals surface area contributed by atoms with E-state index in [4.69, 9.17) is 4.43 Å². The van der Waals surface area contributed by atoms with Crippen LogP contribution in [-0.2, 0) is 23.5 Å². The molecule has 0 heterocycles. The van der Waals surface area contributed by atoms with Crippen molar-refractivity contribution < 1.29 is 76.2 Å². The average Bonchev–Trinajstić information content (AvgIpc) is 2.68. The molecule has 0 aromatic carbocycles. The highest BCUT2D eigenvalue weighted by molar-refractivity contribution is 6.74. The fourth-order valence-electron chi connectivity index (χ4n) is 4.74. The van der Waals surface area contributed by atoms with Gasteiger partial charge in [-0.2, -0.15) is 52.7 Å². The Morgan fingerprint density at radius 1 is 0.725 bits per heavy atom. The van der Waals surface area contributed by atoms with Crippen LogP contribution in [0.2, 0.25) is 18.1 Å². The normalized spacial score (nSPS) is 26.8. The third-order valence-corrected chi connectivity index (χ3v) is 12.3. The number of carbonyl (C=O) groups is 2. The molecule has 0 radical (unpaired) electrons. The van der Waals surface area contributed by atoms with Crippen molar-refractivity contribution >= 4 is 20.3 Å². The summed E-state index contributed by atoms with van der Waals surface area (Å²) >= 11 is 0. The van der Waals surface area contributed by atoms with Gasteiger partial charge in [-0.1, -0.05) is 20.8 Å². The molecule has 0 aromatic heterocycles. The first kappa shape index (κ1) is 34.5. The molecule has 0 saturated heterocycles. The third kappa shape index (κ3) is 7.18. The topological polar surface area (TPSA) is 61.8 Å². The van der Waals surface area contributed by atoms with E-state index >= 15 is 0 Å². The van der Waals surface area contributed by atoms with Crippen LogP contribution in [0.15, 0.2) is 0 Å². The molecular formula is C22H28F12O5Si. The fourth-order valence-corrected chi connectivity index (χ4v) is 6.40. The van der Waals surface area contributed by atoms with Crippen molar-refractivity contribution in [1.29, 1.82) is 0 Å². The van der Waals surface area contributed by atoms with Crippen LogP contribution < -0.4 is 0 Å². The third-order valence-electron chi connectivity index (χ3n) is 7.78. The predicted molar refractivity (Wildman–Crippen MR) is 114 cm³/mol. The average molecular weight is 629 g/mol. The molecule has 18 heteroatoms. The summed E-state index contributed by atoms with van der Waals surface area (Å²) in [5.74, 6) is -7.86. The van der Waals surface area contributed by atoms with E-state index in [1.54, 1.807) is 33.9 Å². The Hall–Kier alpha value is -1.72. The van der Waals surface area contributed by atoms with E-state index in [0.29, 0.717) is 0 Å². The molecule has 234 valence electrons. The number of alkyl halides is 12. The number of ether oxygens (including phenoxy) is 2. The highest BCUT2D eigenvalue weighted by Gasteiger charge is 2.67. The van der Waals surface area contributed by atoms with Gasteiger partial charge in [-0.15, -0.1) is 0 Å². The van der Waals surface area contributed by atoms with Crippen LogP contribution in [0.5, 0.6) is 0 Å². The van der Waals surface area contributed by atoms with E-state index in [1.165, 1.54) is 0 Å². The molecule has 0 aliphatic heterocycles. The Bertz CT molecular complexity index is 922. The number of fused-ring (bicyclic) bond motifs is 1. The van der Waals surface area contributed by atoms with Crippen LogP contribution in [0.3, 0.4) is 0 Å². The largest absolute Gasteiger partial charge is 0.443 e. The van der Waals surface area contributed by atoms with Gasteiger partial charge in [-0.25, -0.2) is 0 Å². The fraction of sp³-hybridized carbons (Fsp3) is 0.909. The van der Waals surface area contributed by atoms with Gasteiger partial charge in [0.15, 0.2) is 8.32 Å². The first-order chi connectivity index (χ1) is 17.5. The first-order valence-corrected chi connectivity index (χ1v) is 14.8. The summed E-state index contributed by atoms with van der Waals surface area (Å²) in [6, 6.07) is 0. The minimum atomic E-state index is -5.99. The van der Waals surface area contributed by atoms with Crippen LogP contribution in [-0.4, -0.2) is 62.8 Å². The Labute approximate surface area is 222 Å². The van der Waals surface area contributed by atoms with Gasteiger partial charge >= 0.3 is 36.6 Å². The lowest BCUT2D eigenvalue weighted by Gasteiger charge is -2.61. The van der Waals surface area contributed by atoms with Crippen LogP contribution in [0.4, 0.5) is 52.7 Å². The Balaban J connectivity index is 2.35. The van der Waals surface area contributed by atoms with Crippen LogP contribution in [0.1, 0.15) is 46.5 Å². The summed E-state index contributed by atoms with van der Waals surface area (Å²) in [6.07, 6.45) is -34.6. The standard InChI is InChI=1S/C22H28F12O5Si/c1-17(2,3)40(4,5)39-18-7-6-10(13(35)37-15(19(23,24)25)20(26,27)28)8-11(18)9-12(18)14(36)38-16(21(29,30)31)22(32,33)34/h10-12,15-16H,6-9H2,1-5H3/t10-,11-,12-,18+/m1/s1. The highest BCUT2D eigenvalue weighted by atomic mass is 28.4. The summed E-state index contributed by atoms with van der Waals surface area (Å²) in [7, 11) is -2.95. The molecule has 2 aliphatic rings. The van der Waals surface area contributed by atoms with Gasteiger partial charge in [0.1, 0.15) is 0 Å². The van der Waals surface area contributed by atoms with Crippen molar-refractivity contribution in [3.05, 3.63) is 0 Å². The van der Waals surface area contributed by atoms with Crippen LogP contribution in [0, 0.1) is 17.8 Å². The van der Waals surface area contributed by atoms with E-state index in [2.05, 4.69) is 9.47 Å². The summed E-state index contributed by atoms with van der Waals surface area (Å²) in [5.41, 5.74) is -1.74. The van der Waals surface area contributed by atoms with Crippen LogP contribution >= 0.6 is 0 Å². The van der Waals surface area contributed by atoms with Gasteiger partial charge in [0.05, 0.1) is 17.4 Å². The van der Waals surface area contributed by atoms with E-state index < -0.39 is 111 Å². The molecule has 5 nitrogen and oxygen atoms in total. The van der Waals surface area contributed by atoms with Gasteiger partial charge in [0.2, 0.25) is 0 Å². The van der Waals surface area contributed by atoms with E-state index in [0.717, 1.165) is 0 Å². The van der Waals surface area contributed by atoms with Crippen molar-refractivity contribution in [2.75, 3.05) is 0 Å². The van der Waals surface area contributed by atoms with Crippen molar-refractivity contribution in [2.24, 2.45) is 17.8 Å². The molecule has 2 saturated carbocycles. The zero-order valence-corrected chi connectivity index (χ0v) is 22.8. The summed E-state index contributed by atoms with van der Waals surface area (Å²) in [6.45, 7) is 8.52. The van der Waals surface area contributed by atoms with E-state index in [9.17, 15) is 62.3 Å². The van der Waals surface area contributed by atoms with Gasteiger partial charge in [-0.3, -0.25) is 9.59 Å². The SMILES string of the molecule is CC(C)(C)[Si](C)(C)O[C@@]12CC[C@@H](C(=O)OC(C(F)(F)F)C(F)(F)F)C[C@@H]1C[C@@H]2C(=O)OC(C(F)(F)F)C(F)(F)F. The molecule has 0 unspecified atom stereocenters. The zero-order valence-electron chi connectivity index (χ0n) is 21.8. The number of halogens is 12. The van der Waals surface area contributed by atoms with Gasteiger partial charge in [0.25, 0.3) is 12.2 Å². The number of esters is 2. The molecule has 40 heavy (non-hydrogen) atoms. The van der Waals surface area contributed by atoms with E-state index in [1.807, 2.05) is 0 Å². The Morgan fingerprint density at radius 2 is 1.12 bits per heavy atom. The van der Waals surface area contributed by atoms with Gasteiger partial charge < -0.3 is 13.9 Å². The molecule has 2 fully saturated rings. The number of carbonyl (C=O) groups excluding carboxylic acids is 2. The second kappa shape index (κ2) is 10.5. The first-order valence-electron chi connectivity index (χ1n) is 11.9. The molecular weight excluding hydrogens is 600 g/mol. The molecule has 0 spiro atoms. The zero-order chi connectivity index (χ0) is 31.5. The quantitative estimate of drug-likeness (QED) is 0.176. The molecule has 0 aromatic rings. The summed E-state index contributed by atoms with van der Waals surface area (Å²) in [5, 5.41) is -0.598. The summed E-state index contributed by atoms with van der Waals surface area (Å²) < 4.78 is 169. The van der Waals surface area contributed by atoms with Gasteiger partial charge in [-0.05, 0) is 49.7 Å². The molecule has 2 aliphatic carbocycles. The van der Waals surface area contributed by atoms with E-state index in [-0.39, 0.29) is 0 Å². The molecule has 2 rings (SSSR count). The molecule has 0 bridgehead atoms.